The van der Waals surface area contributed by atoms with Crippen LogP contribution in [0.2, 0.25) is 0 Å². The lowest BCUT2D eigenvalue weighted by molar-refractivity contribution is 0.415. The number of fused-ring (bicyclic) bond motifs is 3. The van der Waals surface area contributed by atoms with Crippen molar-refractivity contribution in [3.63, 3.8) is 0 Å². The van der Waals surface area contributed by atoms with Crippen LogP contribution < -0.4 is 10.1 Å². The van der Waals surface area contributed by atoms with Gasteiger partial charge < -0.3 is 10.1 Å². The number of nitrogens with zero attached hydrogens (tertiary/aromatic N) is 4. The van der Waals surface area contributed by atoms with Crippen LogP contribution in [0.15, 0.2) is 24.4 Å². The predicted octanol–water partition coefficient (Wildman–Crippen LogP) is 2.86. The first kappa shape index (κ1) is 13.3. The van der Waals surface area contributed by atoms with Gasteiger partial charge in [-0.25, -0.2) is 4.98 Å². The summed E-state index contributed by atoms with van der Waals surface area (Å²) in [5.74, 6) is 3.42. The van der Waals surface area contributed by atoms with Crippen LogP contribution in [0.25, 0.3) is 21.8 Å². The Bertz CT molecular complexity index is 1050. The van der Waals surface area contributed by atoms with Gasteiger partial charge in [0.1, 0.15) is 17.1 Å². The first-order chi connectivity index (χ1) is 11.8. The summed E-state index contributed by atoms with van der Waals surface area (Å²) in [6.45, 7) is 0. The summed E-state index contributed by atoms with van der Waals surface area (Å²) in [6, 6.07) is 5.78. The molecule has 0 spiro atoms. The largest absolute Gasteiger partial charge is 0.497 e. The minimum absolute atomic E-state index is 0.521. The highest BCUT2D eigenvalue weighted by atomic mass is 16.5. The fourth-order valence-corrected chi connectivity index (χ4v) is 2.87. The fourth-order valence-electron chi connectivity index (χ4n) is 2.87. The van der Waals surface area contributed by atoms with Crippen molar-refractivity contribution < 1.29 is 4.74 Å². The van der Waals surface area contributed by atoms with E-state index in [9.17, 15) is 0 Å². The summed E-state index contributed by atoms with van der Waals surface area (Å²) in [4.78, 5) is 9.18. The third kappa shape index (κ3) is 2.07. The summed E-state index contributed by atoms with van der Waals surface area (Å²) in [5.41, 5.74) is 1.67. The lowest BCUT2D eigenvalue weighted by Crippen LogP contribution is -1.98. The van der Waals surface area contributed by atoms with Crippen LogP contribution in [0.3, 0.4) is 0 Å². The standard InChI is InChI=1S/C16H15N7O/c1-24-9-4-5-12-10(6-9)11-7-17-21-13(11)15(18-12)20-16-19-14(22-23-16)8-2-3-8/h4-8H,2-3H2,1H3,(H,17,21)(H2,18,19,20,22,23). The molecule has 24 heavy (non-hydrogen) atoms. The van der Waals surface area contributed by atoms with Crippen LogP contribution in [-0.4, -0.2) is 37.5 Å². The van der Waals surface area contributed by atoms with E-state index in [0.717, 1.165) is 33.4 Å². The van der Waals surface area contributed by atoms with Gasteiger partial charge in [-0.05, 0) is 31.0 Å². The summed E-state index contributed by atoms with van der Waals surface area (Å²) >= 11 is 0. The van der Waals surface area contributed by atoms with Crippen molar-refractivity contribution in [3.05, 3.63) is 30.2 Å². The number of hydrogen-bond donors (Lipinski definition) is 3. The molecule has 1 fully saturated rings. The van der Waals surface area contributed by atoms with Gasteiger partial charge in [-0.2, -0.15) is 10.1 Å². The van der Waals surface area contributed by atoms with Gasteiger partial charge in [0.2, 0.25) is 5.95 Å². The molecule has 1 aliphatic rings. The van der Waals surface area contributed by atoms with E-state index in [2.05, 4.69) is 35.7 Å². The molecule has 0 bridgehead atoms. The third-order valence-electron chi connectivity index (χ3n) is 4.30. The summed E-state index contributed by atoms with van der Waals surface area (Å²) in [6.07, 6.45) is 4.14. The van der Waals surface area contributed by atoms with Crippen molar-refractivity contribution in [2.75, 3.05) is 12.4 Å². The Labute approximate surface area is 136 Å². The number of anilines is 2. The van der Waals surface area contributed by atoms with Gasteiger partial charge in [0.15, 0.2) is 5.82 Å². The number of aromatic amines is 2. The predicted molar refractivity (Wildman–Crippen MR) is 89.6 cm³/mol. The van der Waals surface area contributed by atoms with Crippen LogP contribution in [0.5, 0.6) is 5.75 Å². The van der Waals surface area contributed by atoms with Gasteiger partial charge in [0.25, 0.3) is 0 Å². The highest BCUT2D eigenvalue weighted by Gasteiger charge is 2.27. The Hall–Kier alpha value is -3.16. The molecule has 3 N–H and O–H groups in total. The Morgan fingerprint density at radius 2 is 2.08 bits per heavy atom. The average molecular weight is 321 g/mol. The quantitative estimate of drug-likeness (QED) is 0.534. The maximum absolute atomic E-state index is 5.31. The third-order valence-corrected chi connectivity index (χ3v) is 4.30. The zero-order chi connectivity index (χ0) is 16.1. The molecule has 0 unspecified atom stereocenters. The molecule has 8 heteroatoms. The first-order valence-electron chi connectivity index (χ1n) is 7.82. The fraction of sp³-hybridized carbons (Fsp3) is 0.250. The second-order valence-corrected chi connectivity index (χ2v) is 5.95. The molecule has 1 aromatic carbocycles. The van der Waals surface area contributed by atoms with Gasteiger partial charge in [0, 0.05) is 16.7 Å². The van der Waals surface area contributed by atoms with Crippen LogP contribution >= 0.6 is 0 Å². The molecule has 4 aromatic rings. The zero-order valence-electron chi connectivity index (χ0n) is 13.0. The Morgan fingerprint density at radius 3 is 2.92 bits per heavy atom. The van der Waals surface area contributed by atoms with E-state index in [-0.39, 0.29) is 0 Å². The van der Waals surface area contributed by atoms with Crippen molar-refractivity contribution >= 4 is 33.6 Å². The molecule has 3 heterocycles. The SMILES string of the molecule is COc1ccc2nc(Nc3n[nH]c(C4CC4)n3)c3[nH]ncc3c2c1. The van der Waals surface area contributed by atoms with Crippen molar-refractivity contribution in [1.82, 2.24) is 30.4 Å². The van der Waals surface area contributed by atoms with Gasteiger partial charge in [-0.3, -0.25) is 10.2 Å². The number of ether oxygens (including phenoxy) is 1. The van der Waals surface area contributed by atoms with Crippen LogP contribution in [0, 0.1) is 0 Å². The first-order valence-corrected chi connectivity index (χ1v) is 7.82. The van der Waals surface area contributed by atoms with Gasteiger partial charge in [0.05, 0.1) is 18.8 Å². The number of aromatic nitrogens is 6. The second-order valence-electron chi connectivity index (χ2n) is 5.95. The molecule has 0 atom stereocenters. The molecular weight excluding hydrogens is 306 g/mol. The maximum atomic E-state index is 5.31. The van der Waals surface area contributed by atoms with E-state index in [1.165, 1.54) is 12.8 Å². The minimum Gasteiger partial charge on any atom is -0.497 e. The maximum Gasteiger partial charge on any atom is 0.247 e. The summed E-state index contributed by atoms with van der Waals surface area (Å²) < 4.78 is 5.31. The van der Waals surface area contributed by atoms with E-state index in [4.69, 9.17) is 4.74 Å². The molecule has 1 saturated carbocycles. The lowest BCUT2D eigenvalue weighted by Gasteiger charge is -2.07. The van der Waals surface area contributed by atoms with Crippen molar-refractivity contribution in [3.8, 4) is 5.75 Å². The molecule has 0 aliphatic heterocycles. The molecule has 8 nitrogen and oxygen atoms in total. The molecular formula is C16H15N7O. The minimum atomic E-state index is 0.521. The molecule has 1 aliphatic carbocycles. The Kier molecular flexibility index (Phi) is 2.72. The summed E-state index contributed by atoms with van der Waals surface area (Å²) in [7, 11) is 1.65. The number of methoxy groups -OCH3 is 1. The number of pyridine rings is 1. The van der Waals surface area contributed by atoms with E-state index < -0.39 is 0 Å². The molecule has 5 rings (SSSR count). The smallest absolute Gasteiger partial charge is 0.247 e. The number of rotatable bonds is 4. The van der Waals surface area contributed by atoms with Gasteiger partial charge in [-0.1, -0.05) is 0 Å². The van der Waals surface area contributed by atoms with E-state index >= 15 is 0 Å². The van der Waals surface area contributed by atoms with Crippen molar-refractivity contribution in [2.24, 2.45) is 0 Å². The number of H-pyrrole nitrogens is 2. The molecule has 0 radical (unpaired) electrons. The Balaban J connectivity index is 1.62. The number of hydrogen-bond acceptors (Lipinski definition) is 6. The summed E-state index contributed by atoms with van der Waals surface area (Å²) in [5, 5.41) is 19.5. The van der Waals surface area contributed by atoms with Gasteiger partial charge in [-0.15, -0.1) is 5.10 Å². The normalized spacial score (nSPS) is 14.4. The highest BCUT2D eigenvalue weighted by molar-refractivity contribution is 6.08. The number of benzene rings is 1. The van der Waals surface area contributed by atoms with E-state index in [1.807, 2.05) is 18.2 Å². The number of nitrogens with one attached hydrogen (secondary N) is 3. The molecule has 120 valence electrons. The molecule has 3 aromatic heterocycles. The van der Waals surface area contributed by atoms with Crippen molar-refractivity contribution in [2.45, 2.75) is 18.8 Å². The monoisotopic (exact) mass is 321 g/mol. The zero-order valence-corrected chi connectivity index (χ0v) is 13.0. The lowest BCUT2D eigenvalue weighted by atomic mass is 10.1. The van der Waals surface area contributed by atoms with Crippen LogP contribution in [-0.2, 0) is 0 Å². The highest BCUT2D eigenvalue weighted by Crippen LogP contribution is 2.38. The topological polar surface area (TPSA) is 104 Å². The van der Waals surface area contributed by atoms with Crippen molar-refractivity contribution in [1.29, 1.82) is 0 Å². The van der Waals surface area contributed by atoms with Crippen LogP contribution in [0.4, 0.5) is 11.8 Å². The van der Waals surface area contributed by atoms with Crippen LogP contribution in [0.1, 0.15) is 24.6 Å². The Morgan fingerprint density at radius 1 is 1.17 bits per heavy atom. The average Bonchev–Trinajstić information content (AvgIpc) is 3.15. The van der Waals surface area contributed by atoms with Gasteiger partial charge >= 0.3 is 0 Å². The van der Waals surface area contributed by atoms with E-state index in [1.54, 1.807) is 13.3 Å². The molecule has 0 saturated heterocycles. The molecule has 0 amide bonds. The second kappa shape index (κ2) is 4.92. The van der Waals surface area contributed by atoms with E-state index in [0.29, 0.717) is 17.7 Å².